The molecule has 0 saturated heterocycles. The molecule has 5 nitrogen and oxygen atoms in total. The molecule has 0 aliphatic carbocycles. The number of ether oxygens (including phenoxy) is 3. The van der Waals surface area contributed by atoms with Crippen molar-refractivity contribution < 1.29 is 19.0 Å². The van der Waals surface area contributed by atoms with Gasteiger partial charge < -0.3 is 19.5 Å². The Hall–Kier alpha value is -2.47. The monoisotopic (exact) mass is 391 g/mol. The van der Waals surface area contributed by atoms with E-state index < -0.39 is 0 Å². The third-order valence-electron chi connectivity index (χ3n) is 3.23. The quantitative estimate of drug-likeness (QED) is 0.752. The highest BCUT2D eigenvalue weighted by Crippen LogP contribution is 2.39. The summed E-state index contributed by atoms with van der Waals surface area (Å²) in [5.41, 5.74) is 1.48. The van der Waals surface area contributed by atoms with Gasteiger partial charge in [-0.05, 0) is 23.8 Å². The van der Waals surface area contributed by atoms with Gasteiger partial charge >= 0.3 is 0 Å². The number of benzene rings is 2. The molecule has 1 N–H and O–H groups in total. The van der Waals surface area contributed by atoms with Crippen LogP contribution in [0.15, 0.2) is 46.9 Å². The molecule has 2 aromatic rings. The standard InChI is InChI=1S/C18H18BrNO4/c1-22-15-10-14(11-16(23-2)18(15)24-3)20-17(21)9-6-12-4-7-13(19)8-5-12/h4-11H,1-3H3,(H,20,21)/b9-6+. The first-order valence-electron chi connectivity index (χ1n) is 7.12. The van der Waals surface area contributed by atoms with Crippen molar-refractivity contribution in [3.8, 4) is 17.2 Å². The third kappa shape index (κ3) is 4.52. The summed E-state index contributed by atoms with van der Waals surface area (Å²) in [5.74, 6) is 1.17. The van der Waals surface area contributed by atoms with Crippen LogP contribution >= 0.6 is 15.9 Å². The first-order valence-corrected chi connectivity index (χ1v) is 7.91. The van der Waals surface area contributed by atoms with E-state index in [1.165, 1.54) is 27.4 Å². The van der Waals surface area contributed by atoms with E-state index in [1.807, 2.05) is 24.3 Å². The lowest BCUT2D eigenvalue weighted by molar-refractivity contribution is -0.111. The molecule has 24 heavy (non-hydrogen) atoms. The lowest BCUT2D eigenvalue weighted by Crippen LogP contribution is -2.08. The second-order valence-electron chi connectivity index (χ2n) is 4.79. The van der Waals surface area contributed by atoms with E-state index in [0.717, 1.165) is 10.0 Å². The smallest absolute Gasteiger partial charge is 0.248 e. The van der Waals surface area contributed by atoms with Gasteiger partial charge in [0, 0.05) is 28.4 Å². The van der Waals surface area contributed by atoms with Crippen LogP contribution in [0.1, 0.15) is 5.56 Å². The highest BCUT2D eigenvalue weighted by Gasteiger charge is 2.13. The lowest BCUT2D eigenvalue weighted by Gasteiger charge is -2.14. The topological polar surface area (TPSA) is 56.8 Å². The van der Waals surface area contributed by atoms with Crippen LogP contribution in [0.3, 0.4) is 0 Å². The number of methoxy groups -OCH3 is 3. The number of anilines is 1. The van der Waals surface area contributed by atoms with E-state index in [0.29, 0.717) is 22.9 Å². The first-order chi connectivity index (χ1) is 11.6. The molecule has 0 fully saturated rings. The highest BCUT2D eigenvalue weighted by atomic mass is 79.9. The van der Waals surface area contributed by atoms with Crippen LogP contribution in [0.2, 0.25) is 0 Å². The molecule has 2 rings (SSSR count). The van der Waals surface area contributed by atoms with E-state index >= 15 is 0 Å². The van der Waals surface area contributed by atoms with E-state index in [2.05, 4.69) is 21.2 Å². The van der Waals surface area contributed by atoms with Gasteiger partial charge in [-0.15, -0.1) is 0 Å². The van der Waals surface area contributed by atoms with Crippen molar-refractivity contribution in [1.29, 1.82) is 0 Å². The molecule has 6 heteroatoms. The molecule has 0 radical (unpaired) electrons. The summed E-state index contributed by atoms with van der Waals surface area (Å²) in [5, 5.41) is 2.77. The average molecular weight is 392 g/mol. The summed E-state index contributed by atoms with van der Waals surface area (Å²) in [6.07, 6.45) is 3.20. The third-order valence-corrected chi connectivity index (χ3v) is 3.76. The van der Waals surface area contributed by atoms with Gasteiger partial charge in [0.2, 0.25) is 11.7 Å². The van der Waals surface area contributed by atoms with Crippen LogP contribution in [-0.2, 0) is 4.79 Å². The maximum absolute atomic E-state index is 12.1. The maximum atomic E-state index is 12.1. The Balaban J connectivity index is 2.15. The van der Waals surface area contributed by atoms with Crippen molar-refractivity contribution in [2.75, 3.05) is 26.6 Å². The zero-order chi connectivity index (χ0) is 17.5. The molecule has 1 amide bonds. The second-order valence-corrected chi connectivity index (χ2v) is 5.70. The van der Waals surface area contributed by atoms with Gasteiger partial charge in [0.15, 0.2) is 11.5 Å². The molecule has 0 aliphatic rings. The number of nitrogens with one attached hydrogen (secondary N) is 1. The maximum Gasteiger partial charge on any atom is 0.248 e. The van der Waals surface area contributed by atoms with Gasteiger partial charge in [0.05, 0.1) is 21.3 Å². The molecule has 0 aliphatic heterocycles. The Morgan fingerprint density at radius 1 is 1.00 bits per heavy atom. The van der Waals surface area contributed by atoms with Crippen molar-refractivity contribution >= 4 is 33.6 Å². The Labute approximate surface area is 149 Å². The average Bonchev–Trinajstić information content (AvgIpc) is 2.60. The van der Waals surface area contributed by atoms with Crippen molar-refractivity contribution in [1.82, 2.24) is 0 Å². The second kappa shape index (κ2) is 8.40. The number of carbonyl (C=O) groups excluding carboxylic acids is 1. The number of carbonyl (C=O) groups is 1. The summed E-state index contributed by atoms with van der Waals surface area (Å²) in [6, 6.07) is 11.0. The lowest BCUT2D eigenvalue weighted by atomic mass is 10.2. The van der Waals surface area contributed by atoms with Crippen LogP contribution in [-0.4, -0.2) is 27.2 Å². The van der Waals surface area contributed by atoms with Crippen molar-refractivity contribution in [2.24, 2.45) is 0 Å². The van der Waals surface area contributed by atoms with Gasteiger partial charge in [0.25, 0.3) is 0 Å². The largest absolute Gasteiger partial charge is 0.493 e. The van der Waals surface area contributed by atoms with Crippen molar-refractivity contribution in [3.05, 3.63) is 52.5 Å². The fourth-order valence-electron chi connectivity index (χ4n) is 2.08. The zero-order valence-electron chi connectivity index (χ0n) is 13.6. The van der Waals surface area contributed by atoms with Gasteiger partial charge in [0.1, 0.15) is 0 Å². The molecule has 0 unspecified atom stereocenters. The molecular weight excluding hydrogens is 374 g/mol. The fourth-order valence-corrected chi connectivity index (χ4v) is 2.35. The predicted octanol–water partition coefficient (Wildman–Crippen LogP) is 4.13. The molecule has 0 atom stereocenters. The van der Waals surface area contributed by atoms with Gasteiger partial charge in [-0.3, -0.25) is 4.79 Å². The molecule has 0 saturated carbocycles. The van der Waals surface area contributed by atoms with E-state index in [1.54, 1.807) is 18.2 Å². The molecule has 2 aromatic carbocycles. The van der Waals surface area contributed by atoms with Crippen LogP contribution in [0.5, 0.6) is 17.2 Å². The summed E-state index contributed by atoms with van der Waals surface area (Å²) in [7, 11) is 4.58. The minimum atomic E-state index is -0.257. The molecule has 0 bridgehead atoms. The molecule has 0 heterocycles. The molecule has 126 valence electrons. The number of amides is 1. The Bertz CT molecular complexity index is 716. The van der Waals surface area contributed by atoms with E-state index in [9.17, 15) is 4.79 Å². The number of halogens is 1. The van der Waals surface area contributed by atoms with Crippen molar-refractivity contribution in [2.45, 2.75) is 0 Å². The minimum absolute atomic E-state index is 0.257. The fraction of sp³-hybridized carbons (Fsp3) is 0.167. The summed E-state index contributed by atoms with van der Waals surface area (Å²) < 4.78 is 16.8. The number of hydrogen-bond acceptors (Lipinski definition) is 4. The highest BCUT2D eigenvalue weighted by molar-refractivity contribution is 9.10. The molecular formula is C18H18BrNO4. The SMILES string of the molecule is COc1cc(NC(=O)/C=C/c2ccc(Br)cc2)cc(OC)c1OC. The van der Waals surface area contributed by atoms with E-state index in [-0.39, 0.29) is 5.91 Å². The van der Waals surface area contributed by atoms with Crippen LogP contribution in [0.4, 0.5) is 5.69 Å². The van der Waals surface area contributed by atoms with Crippen LogP contribution in [0.25, 0.3) is 6.08 Å². The van der Waals surface area contributed by atoms with Crippen LogP contribution in [0, 0.1) is 0 Å². The minimum Gasteiger partial charge on any atom is -0.493 e. The van der Waals surface area contributed by atoms with Gasteiger partial charge in [-0.25, -0.2) is 0 Å². The number of hydrogen-bond donors (Lipinski definition) is 1. The Morgan fingerprint density at radius 2 is 1.58 bits per heavy atom. The van der Waals surface area contributed by atoms with Gasteiger partial charge in [-0.1, -0.05) is 28.1 Å². The van der Waals surface area contributed by atoms with E-state index in [4.69, 9.17) is 14.2 Å². The normalized spacial score (nSPS) is 10.5. The Morgan fingerprint density at radius 3 is 2.08 bits per heavy atom. The predicted molar refractivity (Wildman–Crippen MR) is 97.9 cm³/mol. The van der Waals surface area contributed by atoms with Gasteiger partial charge in [-0.2, -0.15) is 0 Å². The molecule has 0 aromatic heterocycles. The summed E-state index contributed by atoms with van der Waals surface area (Å²) >= 11 is 3.37. The number of rotatable bonds is 6. The van der Waals surface area contributed by atoms with Crippen LogP contribution < -0.4 is 19.5 Å². The van der Waals surface area contributed by atoms with Crippen molar-refractivity contribution in [3.63, 3.8) is 0 Å². The summed E-state index contributed by atoms with van der Waals surface area (Å²) in [4.78, 5) is 12.1. The molecule has 0 spiro atoms. The zero-order valence-corrected chi connectivity index (χ0v) is 15.2. The Kier molecular flexibility index (Phi) is 6.26. The first kappa shape index (κ1) is 17.9. The summed E-state index contributed by atoms with van der Waals surface area (Å²) in [6.45, 7) is 0.